The Balaban J connectivity index is 3.08. The fraction of sp³-hybridized carbons (Fsp3) is 0.462. The number of rotatable bonds is 6. The van der Waals surface area contributed by atoms with E-state index in [2.05, 4.69) is 5.32 Å². The van der Waals surface area contributed by atoms with Crippen molar-refractivity contribution in [1.82, 2.24) is 10.2 Å². The molecule has 1 aromatic rings. The van der Waals surface area contributed by atoms with Gasteiger partial charge in [-0.05, 0) is 33.2 Å². The number of likely N-dealkylation sites (N-methyl/N-ethyl adjacent to an activating group) is 1. The molecule has 0 aliphatic carbocycles. The van der Waals surface area contributed by atoms with E-state index in [1.54, 1.807) is 0 Å². The minimum absolute atomic E-state index is 0.346. The van der Waals surface area contributed by atoms with Crippen LogP contribution in [0.4, 0.5) is 8.78 Å². The largest absolute Gasteiger partial charge is 0.368 e. The van der Waals surface area contributed by atoms with E-state index in [-0.39, 0.29) is 5.56 Å². The van der Waals surface area contributed by atoms with Gasteiger partial charge in [0.05, 0.1) is 5.56 Å². The molecule has 0 aliphatic heterocycles. The maximum absolute atomic E-state index is 13.8. The van der Waals surface area contributed by atoms with Gasteiger partial charge >= 0.3 is 0 Å². The summed E-state index contributed by atoms with van der Waals surface area (Å²) in [6.07, 6.45) is 0. The van der Waals surface area contributed by atoms with Crippen LogP contribution in [0, 0.1) is 11.6 Å². The molecule has 0 aliphatic rings. The molecule has 1 amide bonds. The second-order valence-electron chi connectivity index (χ2n) is 4.82. The van der Waals surface area contributed by atoms with Crippen molar-refractivity contribution in [1.29, 1.82) is 0 Å². The molecule has 19 heavy (non-hydrogen) atoms. The monoisotopic (exact) mass is 271 g/mol. The lowest BCUT2D eigenvalue weighted by atomic mass is 9.90. The van der Waals surface area contributed by atoms with Crippen LogP contribution >= 0.6 is 0 Å². The number of primary amides is 1. The molecule has 0 spiro atoms. The molecule has 0 saturated carbocycles. The molecule has 0 aromatic heterocycles. The molecule has 1 rings (SSSR count). The van der Waals surface area contributed by atoms with Crippen LogP contribution in [0.1, 0.15) is 12.5 Å². The Kier molecular flexibility index (Phi) is 4.97. The number of hydrogen-bond acceptors (Lipinski definition) is 3. The number of carbonyl (C=O) groups excluding carboxylic acids is 1. The first-order chi connectivity index (χ1) is 8.79. The Bertz CT molecular complexity index is 445. The average molecular weight is 271 g/mol. The van der Waals surface area contributed by atoms with Crippen molar-refractivity contribution in [3.8, 4) is 0 Å². The Morgan fingerprint density at radius 1 is 1.37 bits per heavy atom. The van der Waals surface area contributed by atoms with Crippen molar-refractivity contribution in [2.75, 3.05) is 27.2 Å². The maximum atomic E-state index is 13.8. The molecule has 0 radical (unpaired) electrons. The minimum Gasteiger partial charge on any atom is -0.368 e. The Morgan fingerprint density at radius 2 is 1.89 bits per heavy atom. The van der Waals surface area contributed by atoms with Crippen LogP contribution in [0.3, 0.4) is 0 Å². The number of nitrogens with zero attached hydrogens (tertiary/aromatic N) is 1. The third-order valence-corrected chi connectivity index (χ3v) is 2.99. The zero-order chi connectivity index (χ0) is 14.6. The smallest absolute Gasteiger partial charge is 0.242 e. The fourth-order valence-corrected chi connectivity index (χ4v) is 1.80. The van der Waals surface area contributed by atoms with Crippen molar-refractivity contribution in [2.45, 2.75) is 12.5 Å². The Morgan fingerprint density at radius 3 is 2.32 bits per heavy atom. The molecule has 0 fully saturated rings. The summed E-state index contributed by atoms with van der Waals surface area (Å²) in [6.45, 7) is 2.37. The highest BCUT2D eigenvalue weighted by atomic mass is 19.1. The van der Waals surface area contributed by atoms with Gasteiger partial charge in [0.1, 0.15) is 17.2 Å². The van der Waals surface area contributed by atoms with Crippen LogP contribution in [0.2, 0.25) is 0 Å². The van der Waals surface area contributed by atoms with Gasteiger partial charge in [-0.25, -0.2) is 8.78 Å². The predicted octanol–water partition coefficient (Wildman–Crippen LogP) is 0.817. The quantitative estimate of drug-likeness (QED) is 0.805. The van der Waals surface area contributed by atoms with Gasteiger partial charge in [0, 0.05) is 13.1 Å². The molecule has 0 saturated heterocycles. The van der Waals surface area contributed by atoms with Crippen LogP contribution in [0.15, 0.2) is 18.2 Å². The zero-order valence-electron chi connectivity index (χ0n) is 11.3. The molecule has 3 N–H and O–H groups in total. The highest BCUT2D eigenvalue weighted by Gasteiger charge is 2.37. The van der Waals surface area contributed by atoms with Crippen molar-refractivity contribution in [3.63, 3.8) is 0 Å². The van der Waals surface area contributed by atoms with Gasteiger partial charge in [0.2, 0.25) is 5.91 Å². The number of benzene rings is 1. The molecule has 0 bridgehead atoms. The average Bonchev–Trinajstić information content (AvgIpc) is 2.27. The molecule has 1 aromatic carbocycles. The van der Waals surface area contributed by atoms with Crippen LogP contribution in [-0.4, -0.2) is 38.0 Å². The number of carbonyl (C=O) groups is 1. The Hall–Kier alpha value is -1.53. The van der Waals surface area contributed by atoms with Crippen molar-refractivity contribution < 1.29 is 13.6 Å². The summed E-state index contributed by atoms with van der Waals surface area (Å²) in [4.78, 5) is 13.5. The lowest BCUT2D eigenvalue weighted by Crippen LogP contribution is -2.53. The van der Waals surface area contributed by atoms with Crippen LogP contribution in [0.5, 0.6) is 0 Å². The second-order valence-corrected chi connectivity index (χ2v) is 4.82. The van der Waals surface area contributed by atoms with Gasteiger partial charge in [-0.3, -0.25) is 10.1 Å². The maximum Gasteiger partial charge on any atom is 0.242 e. The van der Waals surface area contributed by atoms with E-state index in [1.807, 2.05) is 19.0 Å². The summed E-state index contributed by atoms with van der Waals surface area (Å²) in [5.74, 6) is -2.41. The first-order valence-corrected chi connectivity index (χ1v) is 5.93. The van der Waals surface area contributed by atoms with Gasteiger partial charge < -0.3 is 10.6 Å². The predicted molar refractivity (Wildman–Crippen MR) is 69.5 cm³/mol. The number of hydrogen-bond donors (Lipinski definition) is 2. The molecule has 1 unspecified atom stereocenters. The molecular weight excluding hydrogens is 252 g/mol. The summed E-state index contributed by atoms with van der Waals surface area (Å²) in [5.41, 5.74) is 3.39. The standard InChI is InChI=1S/C13H19F2N3O/c1-13(12(16)19,17-7-8-18(2)3)11-9(14)5-4-6-10(11)15/h4-6,17H,7-8H2,1-3H3,(H2,16,19). The topological polar surface area (TPSA) is 58.4 Å². The van der Waals surface area contributed by atoms with Crippen molar-refractivity contribution in [3.05, 3.63) is 35.4 Å². The van der Waals surface area contributed by atoms with Crippen molar-refractivity contribution in [2.24, 2.45) is 5.73 Å². The molecule has 1 atom stereocenters. The van der Waals surface area contributed by atoms with Crippen molar-refractivity contribution >= 4 is 5.91 Å². The van der Waals surface area contributed by atoms with E-state index in [9.17, 15) is 13.6 Å². The van der Waals surface area contributed by atoms with Gasteiger partial charge in [0.15, 0.2) is 0 Å². The van der Waals surface area contributed by atoms with E-state index in [0.717, 1.165) is 12.1 Å². The van der Waals surface area contributed by atoms with E-state index in [1.165, 1.54) is 13.0 Å². The minimum atomic E-state index is -1.58. The van der Waals surface area contributed by atoms with E-state index in [0.29, 0.717) is 13.1 Å². The third kappa shape index (κ3) is 3.48. The molecule has 6 heteroatoms. The fourth-order valence-electron chi connectivity index (χ4n) is 1.80. The molecule has 0 heterocycles. The molecular formula is C13H19F2N3O. The lowest BCUT2D eigenvalue weighted by Gasteiger charge is -2.29. The summed E-state index contributed by atoms with van der Waals surface area (Å²) in [7, 11) is 3.71. The zero-order valence-corrected chi connectivity index (χ0v) is 11.3. The van der Waals surface area contributed by atoms with Gasteiger partial charge in [0.25, 0.3) is 0 Å². The first-order valence-electron chi connectivity index (χ1n) is 5.93. The SMILES string of the molecule is CN(C)CCNC(C)(C(N)=O)c1c(F)cccc1F. The third-order valence-electron chi connectivity index (χ3n) is 2.99. The van der Waals surface area contributed by atoms with Crippen LogP contribution < -0.4 is 11.1 Å². The Labute approximate surface area is 111 Å². The van der Waals surface area contributed by atoms with E-state index in [4.69, 9.17) is 5.73 Å². The number of halogens is 2. The normalized spacial score (nSPS) is 14.4. The van der Waals surface area contributed by atoms with Gasteiger partial charge in [-0.15, -0.1) is 0 Å². The first kappa shape index (κ1) is 15.5. The highest BCUT2D eigenvalue weighted by molar-refractivity contribution is 5.85. The lowest BCUT2D eigenvalue weighted by molar-refractivity contribution is -0.124. The summed E-state index contributed by atoms with van der Waals surface area (Å²) in [5, 5.41) is 2.83. The van der Waals surface area contributed by atoms with E-state index < -0.39 is 23.1 Å². The summed E-state index contributed by atoms with van der Waals surface area (Å²) >= 11 is 0. The second kappa shape index (κ2) is 6.08. The van der Waals surface area contributed by atoms with Crippen LogP contribution in [0.25, 0.3) is 0 Å². The van der Waals surface area contributed by atoms with Gasteiger partial charge in [-0.1, -0.05) is 6.07 Å². The summed E-state index contributed by atoms with van der Waals surface area (Å²) < 4.78 is 27.6. The molecule has 4 nitrogen and oxygen atoms in total. The van der Waals surface area contributed by atoms with Crippen LogP contribution in [-0.2, 0) is 10.3 Å². The van der Waals surface area contributed by atoms with Gasteiger partial charge in [-0.2, -0.15) is 0 Å². The summed E-state index contributed by atoms with van der Waals surface area (Å²) in [6, 6.07) is 3.45. The highest BCUT2D eigenvalue weighted by Crippen LogP contribution is 2.26. The number of amides is 1. The molecule has 106 valence electrons. The number of nitrogens with two attached hydrogens (primary N) is 1. The number of nitrogens with one attached hydrogen (secondary N) is 1. The van der Waals surface area contributed by atoms with E-state index >= 15 is 0 Å².